The molecule has 0 bridgehead atoms. The van der Waals surface area contributed by atoms with E-state index in [-0.39, 0.29) is 18.0 Å². The first kappa shape index (κ1) is 14.0. The number of rotatable bonds is 4. The van der Waals surface area contributed by atoms with Crippen molar-refractivity contribution in [3.63, 3.8) is 0 Å². The molecule has 1 atom stereocenters. The smallest absolute Gasteiger partial charge is 0.338 e. The summed E-state index contributed by atoms with van der Waals surface area (Å²) in [6.07, 6.45) is 0. The average Bonchev–Trinajstić information content (AvgIpc) is 2.76. The molecule has 18 heavy (non-hydrogen) atoms. The van der Waals surface area contributed by atoms with Crippen LogP contribution in [-0.4, -0.2) is 35.6 Å². The van der Waals surface area contributed by atoms with Gasteiger partial charge in [-0.15, -0.1) is 11.3 Å². The molecule has 1 heterocycles. The van der Waals surface area contributed by atoms with Gasteiger partial charge in [0, 0.05) is 13.6 Å². The molecule has 0 saturated heterocycles. The number of thiophene rings is 1. The highest BCUT2D eigenvalue weighted by Crippen LogP contribution is 2.23. The zero-order valence-corrected chi connectivity index (χ0v) is 10.8. The Hall–Kier alpha value is -2.07. The van der Waals surface area contributed by atoms with E-state index in [0.29, 0.717) is 5.00 Å². The molecule has 7 heteroatoms. The van der Waals surface area contributed by atoms with Crippen LogP contribution in [0.4, 0.5) is 9.80 Å². The van der Waals surface area contributed by atoms with Crippen molar-refractivity contribution in [1.82, 2.24) is 4.90 Å². The molecule has 2 amide bonds. The van der Waals surface area contributed by atoms with Crippen LogP contribution in [0.1, 0.15) is 17.3 Å². The predicted molar refractivity (Wildman–Crippen MR) is 67.7 cm³/mol. The number of carboxylic acid groups (broad SMARTS) is 1. The molecular formula is C11H13N3O3S. The molecule has 1 rings (SSSR count). The number of hydrogen-bond donors (Lipinski definition) is 2. The Labute approximate surface area is 108 Å². The lowest BCUT2D eigenvalue weighted by Crippen LogP contribution is -2.34. The Morgan fingerprint density at radius 1 is 1.67 bits per heavy atom. The first-order valence-corrected chi connectivity index (χ1v) is 6.06. The van der Waals surface area contributed by atoms with E-state index in [1.165, 1.54) is 11.0 Å². The third-order valence-electron chi connectivity index (χ3n) is 2.23. The lowest BCUT2D eigenvalue weighted by Gasteiger charge is -2.18. The van der Waals surface area contributed by atoms with E-state index in [2.05, 4.69) is 5.32 Å². The second kappa shape index (κ2) is 6.02. The number of carbonyl (C=O) groups is 2. The van der Waals surface area contributed by atoms with E-state index in [1.54, 1.807) is 19.4 Å². The topological polar surface area (TPSA) is 93.4 Å². The number of carbonyl (C=O) groups excluding carboxylic acids is 1. The van der Waals surface area contributed by atoms with Crippen LogP contribution in [0.2, 0.25) is 0 Å². The van der Waals surface area contributed by atoms with Crippen molar-refractivity contribution in [2.24, 2.45) is 5.92 Å². The van der Waals surface area contributed by atoms with Gasteiger partial charge in [-0.1, -0.05) is 0 Å². The molecule has 1 unspecified atom stereocenters. The number of anilines is 1. The van der Waals surface area contributed by atoms with Crippen molar-refractivity contribution in [2.45, 2.75) is 6.92 Å². The van der Waals surface area contributed by atoms with Gasteiger partial charge in [0.15, 0.2) is 0 Å². The maximum absolute atomic E-state index is 11.8. The first-order chi connectivity index (χ1) is 8.45. The van der Waals surface area contributed by atoms with E-state index < -0.39 is 12.0 Å². The van der Waals surface area contributed by atoms with Gasteiger partial charge in [-0.2, -0.15) is 5.26 Å². The number of nitrogens with one attached hydrogen (secondary N) is 1. The number of nitriles is 1. The van der Waals surface area contributed by atoms with Crippen LogP contribution in [0.15, 0.2) is 11.4 Å². The molecule has 96 valence electrons. The van der Waals surface area contributed by atoms with Gasteiger partial charge in [0.25, 0.3) is 0 Å². The number of amides is 2. The highest BCUT2D eigenvalue weighted by Gasteiger charge is 2.17. The molecule has 0 aliphatic carbocycles. The van der Waals surface area contributed by atoms with E-state index in [4.69, 9.17) is 10.4 Å². The predicted octanol–water partition coefficient (Wildman–Crippen LogP) is 2.07. The second-order valence-electron chi connectivity index (χ2n) is 3.81. The minimum absolute atomic E-state index is 0.0649. The largest absolute Gasteiger partial charge is 0.478 e. The lowest BCUT2D eigenvalue weighted by atomic mass is 10.2. The Bertz CT molecular complexity index is 492. The van der Waals surface area contributed by atoms with Crippen LogP contribution in [0.3, 0.4) is 0 Å². The van der Waals surface area contributed by atoms with Crippen molar-refractivity contribution in [1.29, 1.82) is 5.26 Å². The third-order valence-corrected chi connectivity index (χ3v) is 3.06. The number of hydrogen-bond acceptors (Lipinski definition) is 4. The SMILES string of the molecule is CC(C#N)CN(C)C(=O)Nc1sccc1C(=O)O. The van der Waals surface area contributed by atoms with Gasteiger partial charge in [-0.3, -0.25) is 5.32 Å². The fourth-order valence-electron chi connectivity index (χ4n) is 1.30. The summed E-state index contributed by atoms with van der Waals surface area (Å²) < 4.78 is 0. The highest BCUT2D eigenvalue weighted by molar-refractivity contribution is 7.14. The van der Waals surface area contributed by atoms with Gasteiger partial charge < -0.3 is 10.0 Å². The Balaban J connectivity index is 2.67. The molecule has 2 N–H and O–H groups in total. The van der Waals surface area contributed by atoms with E-state index in [9.17, 15) is 9.59 Å². The molecule has 0 fully saturated rings. The number of nitrogens with zero attached hydrogens (tertiary/aromatic N) is 2. The van der Waals surface area contributed by atoms with Crippen molar-refractivity contribution in [3.8, 4) is 6.07 Å². The standard InChI is InChI=1S/C11H13N3O3S/c1-7(5-12)6-14(2)11(17)13-9-8(10(15)16)3-4-18-9/h3-4,7H,6H2,1-2H3,(H,13,17)(H,15,16). The van der Waals surface area contributed by atoms with Crippen LogP contribution in [0, 0.1) is 17.2 Å². The van der Waals surface area contributed by atoms with Gasteiger partial charge in [-0.05, 0) is 18.4 Å². The molecule has 1 aromatic heterocycles. The summed E-state index contributed by atoms with van der Waals surface area (Å²) in [7, 11) is 1.55. The summed E-state index contributed by atoms with van der Waals surface area (Å²) in [4.78, 5) is 24.0. The van der Waals surface area contributed by atoms with Gasteiger partial charge in [0.05, 0.1) is 17.6 Å². The Morgan fingerprint density at radius 2 is 2.33 bits per heavy atom. The molecule has 0 aromatic carbocycles. The molecule has 0 aliphatic rings. The number of aromatic carboxylic acids is 1. The zero-order valence-electron chi connectivity index (χ0n) is 10.0. The molecule has 0 aliphatic heterocycles. The molecule has 0 spiro atoms. The Kier molecular flexibility index (Phi) is 4.68. The summed E-state index contributed by atoms with van der Waals surface area (Å²) in [5.41, 5.74) is 0.0649. The van der Waals surface area contributed by atoms with E-state index >= 15 is 0 Å². The van der Waals surface area contributed by atoms with Crippen LogP contribution < -0.4 is 5.32 Å². The fourth-order valence-corrected chi connectivity index (χ4v) is 2.07. The van der Waals surface area contributed by atoms with Crippen molar-refractivity contribution < 1.29 is 14.7 Å². The zero-order chi connectivity index (χ0) is 13.7. The minimum Gasteiger partial charge on any atom is -0.478 e. The summed E-state index contributed by atoms with van der Waals surface area (Å²) >= 11 is 1.14. The van der Waals surface area contributed by atoms with Crippen LogP contribution in [-0.2, 0) is 0 Å². The van der Waals surface area contributed by atoms with Crippen LogP contribution >= 0.6 is 11.3 Å². The van der Waals surface area contributed by atoms with Crippen LogP contribution in [0.25, 0.3) is 0 Å². The van der Waals surface area contributed by atoms with Gasteiger partial charge in [-0.25, -0.2) is 9.59 Å². The van der Waals surface area contributed by atoms with Crippen molar-refractivity contribution in [3.05, 3.63) is 17.0 Å². The summed E-state index contributed by atoms with van der Waals surface area (Å²) in [6, 6.07) is 3.03. The van der Waals surface area contributed by atoms with E-state index in [0.717, 1.165) is 11.3 Å². The first-order valence-electron chi connectivity index (χ1n) is 5.18. The number of carboxylic acids is 1. The van der Waals surface area contributed by atoms with Crippen LogP contribution in [0.5, 0.6) is 0 Å². The van der Waals surface area contributed by atoms with Crippen molar-refractivity contribution >= 4 is 28.3 Å². The van der Waals surface area contributed by atoms with Gasteiger partial charge >= 0.3 is 12.0 Å². The maximum Gasteiger partial charge on any atom is 0.338 e. The maximum atomic E-state index is 11.8. The quantitative estimate of drug-likeness (QED) is 0.873. The average molecular weight is 267 g/mol. The highest BCUT2D eigenvalue weighted by atomic mass is 32.1. The third kappa shape index (κ3) is 3.46. The monoisotopic (exact) mass is 267 g/mol. The molecular weight excluding hydrogens is 254 g/mol. The molecule has 1 aromatic rings. The Morgan fingerprint density at radius 3 is 2.89 bits per heavy atom. The minimum atomic E-state index is -1.08. The summed E-state index contributed by atoms with van der Waals surface area (Å²) in [6.45, 7) is 1.99. The molecule has 0 radical (unpaired) electrons. The normalized spacial score (nSPS) is 11.4. The lowest BCUT2D eigenvalue weighted by molar-refractivity contribution is 0.0698. The second-order valence-corrected chi connectivity index (χ2v) is 4.73. The summed E-state index contributed by atoms with van der Waals surface area (Å²) in [5.74, 6) is -1.36. The van der Waals surface area contributed by atoms with Gasteiger partial charge in [0.2, 0.25) is 0 Å². The number of urea groups is 1. The fraction of sp³-hybridized carbons (Fsp3) is 0.364. The summed E-state index contributed by atoms with van der Waals surface area (Å²) in [5, 5.41) is 21.9. The van der Waals surface area contributed by atoms with Crippen molar-refractivity contribution in [2.75, 3.05) is 18.9 Å². The van der Waals surface area contributed by atoms with E-state index in [1.807, 2.05) is 6.07 Å². The molecule has 6 nitrogen and oxygen atoms in total. The van der Waals surface area contributed by atoms with Gasteiger partial charge in [0.1, 0.15) is 5.00 Å². The molecule has 0 saturated carbocycles.